The van der Waals surface area contributed by atoms with Crippen molar-refractivity contribution in [2.75, 3.05) is 12.4 Å². The molecule has 0 aliphatic carbocycles. The molecule has 94 valence electrons. The highest BCUT2D eigenvalue weighted by molar-refractivity contribution is 7.13. The first kappa shape index (κ1) is 12.9. The minimum atomic E-state index is -0.221. The summed E-state index contributed by atoms with van der Waals surface area (Å²) in [5.74, 6) is 0.343. The van der Waals surface area contributed by atoms with Gasteiger partial charge in [-0.15, -0.1) is 11.3 Å². The Morgan fingerprint density at radius 1 is 1.50 bits per heavy atom. The number of nitrogens with zero attached hydrogens (tertiary/aromatic N) is 1. The number of carbonyl (C=O) groups excluding carboxylic acids is 1. The van der Waals surface area contributed by atoms with E-state index in [1.165, 1.54) is 18.4 Å². The number of aryl methyl sites for hydroxylation is 1. The molecule has 0 aliphatic rings. The number of anilines is 1. The van der Waals surface area contributed by atoms with Crippen LogP contribution in [-0.2, 0) is 0 Å². The number of hydrogen-bond donors (Lipinski definition) is 1. The molecule has 18 heavy (non-hydrogen) atoms. The van der Waals surface area contributed by atoms with Crippen molar-refractivity contribution in [3.05, 3.63) is 39.3 Å². The number of methoxy groups -OCH3 is 1. The molecule has 0 saturated carbocycles. The van der Waals surface area contributed by atoms with Gasteiger partial charge in [0.25, 0.3) is 5.91 Å². The molecule has 2 aromatic rings. The minimum absolute atomic E-state index is 0.221. The quantitative estimate of drug-likeness (QED) is 0.939. The van der Waals surface area contributed by atoms with Crippen molar-refractivity contribution in [3.8, 4) is 5.75 Å². The summed E-state index contributed by atoms with van der Waals surface area (Å²) >= 11 is 7.23. The van der Waals surface area contributed by atoms with E-state index in [-0.39, 0.29) is 5.91 Å². The lowest BCUT2D eigenvalue weighted by molar-refractivity contribution is 0.103. The Balaban J connectivity index is 2.23. The van der Waals surface area contributed by atoms with Crippen molar-refractivity contribution in [1.29, 1.82) is 0 Å². The Kier molecular flexibility index (Phi) is 3.84. The molecule has 0 unspecified atom stereocenters. The van der Waals surface area contributed by atoms with Crippen LogP contribution in [0.5, 0.6) is 5.75 Å². The predicted octanol–water partition coefficient (Wildman–Crippen LogP) is 3.37. The van der Waals surface area contributed by atoms with E-state index in [1.807, 2.05) is 6.92 Å². The molecule has 0 saturated heterocycles. The average molecular weight is 283 g/mol. The van der Waals surface area contributed by atoms with Gasteiger partial charge in [0, 0.05) is 5.02 Å². The van der Waals surface area contributed by atoms with Crippen LogP contribution in [0.1, 0.15) is 14.7 Å². The van der Waals surface area contributed by atoms with Crippen LogP contribution in [-0.4, -0.2) is 18.0 Å². The van der Waals surface area contributed by atoms with Crippen LogP contribution in [0.25, 0.3) is 0 Å². The monoisotopic (exact) mass is 282 g/mol. The van der Waals surface area contributed by atoms with Gasteiger partial charge >= 0.3 is 0 Å². The zero-order chi connectivity index (χ0) is 13.1. The van der Waals surface area contributed by atoms with Gasteiger partial charge in [0.05, 0.1) is 24.0 Å². The minimum Gasteiger partial charge on any atom is -0.495 e. The maximum Gasteiger partial charge on any atom is 0.267 e. The van der Waals surface area contributed by atoms with Crippen molar-refractivity contribution in [1.82, 2.24) is 4.98 Å². The van der Waals surface area contributed by atoms with Crippen LogP contribution in [0, 0.1) is 6.92 Å². The summed E-state index contributed by atoms with van der Waals surface area (Å²) in [5, 5.41) is 4.13. The largest absolute Gasteiger partial charge is 0.495 e. The number of halogens is 1. The molecule has 2 rings (SSSR count). The molecule has 0 spiro atoms. The molecule has 0 atom stereocenters. The molecule has 1 amide bonds. The number of carbonyl (C=O) groups is 1. The number of nitrogens with one attached hydrogen (secondary N) is 1. The van der Waals surface area contributed by atoms with E-state index in [0.717, 1.165) is 5.01 Å². The Morgan fingerprint density at radius 3 is 2.89 bits per heavy atom. The fourth-order valence-electron chi connectivity index (χ4n) is 1.43. The van der Waals surface area contributed by atoms with Gasteiger partial charge in [-0.25, -0.2) is 4.98 Å². The van der Waals surface area contributed by atoms with Crippen molar-refractivity contribution in [2.24, 2.45) is 0 Å². The second-order valence-corrected chi connectivity index (χ2v) is 5.21. The predicted molar refractivity (Wildman–Crippen MR) is 72.8 cm³/mol. The topological polar surface area (TPSA) is 51.2 Å². The van der Waals surface area contributed by atoms with Gasteiger partial charge in [-0.3, -0.25) is 4.79 Å². The molecule has 1 heterocycles. The highest BCUT2D eigenvalue weighted by Gasteiger charge is 2.12. The van der Waals surface area contributed by atoms with Crippen molar-refractivity contribution in [3.63, 3.8) is 0 Å². The third-order valence-corrected chi connectivity index (χ3v) is 3.40. The standard InChI is InChI=1S/C12H11ClN2O2S/c1-7-14-6-11(18-7)12(16)15-9-5-8(13)3-4-10(9)17-2/h3-6H,1-2H3,(H,15,16). The number of hydrogen-bond acceptors (Lipinski definition) is 4. The third-order valence-electron chi connectivity index (χ3n) is 2.25. The lowest BCUT2D eigenvalue weighted by Gasteiger charge is -2.09. The second kappa shape index (κ2) is 5.37. The van der Waals surface area contributed by atoms with Crippen LogP contribution < -0.4 is 10.1 Å². The molecule has 4 nitrogen and oxygen atoms in total. The second-order valence-electron chi connectivity index (χ2n) is 3.54. The normalized spacial score (nSPS) is 10.2. The number of rotatable bonds is 3. The summed E-state index contributed by atoms with van der Waals surface area (Å²) in [6.45, 7) is 1.85. The first-order valence-corrected chi connectivity index (χ1v) is 6.37. The highest BCUT2D eigenvalue weighted by Crippen LogP contribution is 2.28. The maximum atomic E-state index is 12.0. The van der Waals surface area contributed by atoms with E-state index in [2.05, 4.69) is 10.3 Å². The van der Waals surface area contributed by atoms with Gasteiger partial charge < -0.3 is 10.1 Å². The number of ether oxygens (including phenoxy) is 1. The molecule has 0 fully saturated rings. The number of benzene rings is 1. The zero-order valence-electron chi connectivity index (χ0n) is 9.86. The smallest absolute Gasteiger partial charge is 0.267 e. The van der Waals surface area contributed by atoms with E-state index < -0.39 is 0 Å². The third kappa shape index (κ3) is 2.80. The fraction of sp³-hybridized carbons (Fsp3) is 0.167. The first-order valence-electron chi connectivity index (χ1n) is 5.17. The van der Waals surface area contributed by atoms with Crippen LogP contribution >= 0.6 is 22.9 Å². The lowest BCUT2D eigenvalue weighted by atomic mass is 10.3. The summed E-state index contributed by atoms with van der Waals surface area (Å²) in [5.41, 5.74) is 0.543. The maximum absolute atomic E-state index is 12.0. The van der Waals surface area contributed by atoms with Crippen LogP contribution in [0.4, 0.5) is 5.69 Å². The number of amides is 1. The van der Waals surface area contributed by atoms with E-state index >= 15 is 0 Å². The van der Waals surface area contributed by atoms with E-state index in [9.17, 15) is 4.79 Å². The molecule has 0 radical (unpaired) electrons. The average Bonchev–Trinajstić information content (AvgIpc) is 2.76. The Hall–Kier alpha value is -1.59. The van der Waals surface area contributed by atoms with E-state index in [1.54, 1.807) is 24.4 Å². The Morgan fingerprint density at radius 2 is 2.28 bits per heavy atom. The molecule has 6 heteroatoms. The van der Waals surface area contributed by atoms with Gasteiger partial charge in [0.15, 0.2) is 0 Å². The molecule has 0 aliphatic heterocycles. The first-order chi connectivity index (χ1) is 8.60. The molecule has 1 aromatic heterocycles. The van der Waals surface area contributed by atoms with Gasteiger partial charge in [0.2, 0.25) is 0 Å². The summed E-state index contributed by atoms with van der Waals surface area (Å²) in [4.78, 5) is 16.6. The summed E-state index contributed by atoms with van der Waals surface area (Å²) in [6.07, 6.45) is 1.55. The van der Waals surface area contributed by atoms with Gasteiger partial charge in [-0.1, -0.05) is 11.6 Å². The molecule has 0 bridgehead atoms. The summed E-state index contributed by atoms with van der Waals surface area (Å²) < 4.78 is 5.16. The van der Waals surface area contributed by atoms with Crippen LogP contribution in [0.2, 0.25) is 5.02 Å². The number of aromatic nitrogens is 1. The van der Waals surface area contributed by atoms with E-state index in [4.69, 9.17) is 16.3 Å². The molecule has 1 N–H and O–H groups in total. The van der Waals surface area contributed by atoms with Crippen molar-refractivity contribution >= 4 is 34.5 Å². The van der Waals surface area contributed by atoms with Crippen molar-refractivity contribution < 1.29 is 9.53 Å². The zero-order valence-corrected chi connectivity index (χ0v) is 11.4. The highest BCUT2D eigenvalue weighted by atomic mass is 35.5. The summed E-state index contributed by atoms with van der Waals surface area (Å²) in [6, 6.07) is 5.05. The van der Waals surface area contributed by atoms with E-state index in [0.29, 0.717) is 21.3 Å². The van der Waals surface area contributed by atoms with Gasteiger partial charge in [-0.2, -0.15) is 0 Å². The fourth-order valence-corrected chi connectivity index (χ4v) is 2.27. The van der Waals surface area contributed by atoms with Gasteiger partial charge in [-0.05, 0) is 25.1 Å². The molecule has 1 aromatic carbocycles. The summed E-state index contributed by atoms with van der Waals surface area (Å²) in [7, 11) is 1.54. The molecular weight excluding hydrogens is 272 g/mol. The SMILES string of the molecule is COc1ccc(Cl)cc1NC(=O)c1cnc(C)s1. The van der Waals surface area contributed by atoms with Gasteiger partial charge in [0.1, 0.15) is 10.6 Å². The Bertz CT molecular complexity index is 583. The lowest BCUT2D eigenvalue weighted by Crippen LogP contribution is -2.11. The Labute approximate surface area is 114 Å². The van der Waals surface area contributed by atoms with Crippen LogP contribution in [0.3, 0.4) is 0 Å². The van der Waals surface area contributed by atoms with Crippen molar-refractivity contribution in [2.45, 2.75) is 6.92 Å². The van der Waals surface area contributed by atoms with Crippen LogP contribution in [0.15, 0.2) is 24.4 Å². The molecular formula is C12H11ClN2O2S. The number of thiazole rings is 1.